The number of rotatable bonds is 5. The molecule has 0 spiro atoms. The summed E-state index contributed by atoms with van der Waals surface area (Å²) in [5.41, 5.74) is 1.15. The van der Waals surface area contributed by atoms with Gasteiger partial charge in [-0.2, -0.15) is 0 Å². The Hall–Kier alpha value is -1.65. The van der Waals surface area contributed by atoms with Crippen molar-refractivity contribution >= 4 is 18.7 Å². The lowest BCUT2D eigenvalue weighted by Gasteiger charge is -2.34. The summed E-state index contributed by atoms with van der Waals surface area (Å²) in [6.45, 7) is 4.66. The molecule has 5 unspecified atom stereocenters. The van der Waals surface area contributed by atoms with E-state index in [9.17, 15) is 14.8 Å². The van der Waals surface area contributed by atoms with Crippen LogP contribution in [0.3, 0.4) is 0 Å². The van der Waals surface area contributed by atoms with Crippen molar-refractivity contribution in [2.45, 2.75) is 50.7 Å². The number of hydrogen-bond donors (Lipinski definition) is 3. The third-order valence-electron chi connectivity index (χ3n) is 5.38. The van der Waals surface area contributed by atoms with Crippen LogP contribution in [0.15, 0.2) is 24.3 Å². The molecule has 3 N–H and O–H groups in total. The van der Waals surface area contributed by atoms with Crippen molar-refractivity contribution in [3.8, 4) is 0 Å². The molecule has 0 saturated carbocycles. The number of likely N-dealkylation sites (N-methyl/N-ethyl adjacent to an activating group) is 1. The molecule has 0 radical (unpaired) electrons. The highest BCUT2D eigenvalue weighted by Gasteiger charge is 2.45. The Morgan fingerprint density at radius 3 is 2.67 bits per heavy atom. The van der Waals surface area contributed by atoms with E-state index in [1.54, 1.807) is 36.2 Å². The monoisotopic (exact) mass is 378 g/mol. The molecule has 2 fully saturated rings. The zero-order chi connectivity index (χ0) is 19.6. The molecule has 0 bridgehead atoms. The molecule has 1 amide bonds. The fraction of sp³-hybridized carbons (Fsp3) is 0.611. The predicted octanol–water partition coefficient (Wildman–Crippen LogP) is -0.0123. The number of nitrogens with one attached hydrogen (secondary N) is 1. The molecule has 5 atom stereocenters. The van der Waals surface area contributed by atoms with E-state index in [2.05, 4.69) is 5.32 Å². The maximum absolute atomic E-state index is 12.9. The Balaban J connectivity index is 1.73. The second kappa shape index (κ2) is 8.58. The van der Waals surface area contributed by atoms with Gasteiger partial charge in [-0.1, -0.05) is 24.3 Å². The van der Waals surface area contributed by atoms with Crippen molar-refractivity contribution in [3.05, 3.63) is 29.8 Å². The van der Waals surface area contributed by atoms with E-state index >= 15 is 0 Å². The molecule has 1 aromatic rings. The smallest absolute Gasteiger partial charge is 0.439 e. The summed E-state index contributed by atoms with van der Waals surface area (Å²) < 4.78 is 17.2. The summed E-state index contributed by atoms with van der Waals surface area (Å²) in [6, 6.07) is 6.52. The standard InChI is InChI=1S/C18H27BN2O6/c1-11(20-3)16(13-4-6-14(7-5-13)19(23)24)27-18(22)21-10-26-17-12(2)25-9-8-15(17)21/h4-7,11-12,15-17,20,23-24H,8-10H2,1-3H3. The zero-order valence-electron chi connectivity index (χ0n) is 15.9. The molecule has 9 heteroatoms. The second-order valence-corrected chi connectivity index (χ2v) is 7.08. The number of nitrogens with zero attached hydrogens (tertiary/aromatic N) is 1. The lowest BCUT2D eigenvalue weighted by Crippen LogP contribution is -2.48. The highest BCUT2D eigenvalue weighted by Crippen LogP contribution is 2.30. The van der Waals surface area contributed by atoms with Crippen LogP contribution in [0.4, 0.5) is 4.79 Å². The molecule has 2 heterocycles. The number of amides is 1. The van der Waals surface area contributed by atoms with Gasteiger partial charge < -0.3 is 29.6 Å². The van der Waals surface area contributed by atoms with Crippen LogP contribution in [0.1, 0.15) is 31.9 Å². The highest BCUT2D eigenvalue weighted by atomic mass is 16.6. The quantitative estimate of drug-likeness (QED) is 0.620. The van der Waals surface area contributed by atoms with Crippen LogP contribution in [-0.2, 0) is 14.2 Å². The second-order valence-electron chi connectivity index (χ2n) is 7.08. The van der Waals surface area contributed by atoms with E-state index in [-0.39, 0.29) is 31.0 Å². The first-order valence-electron chi connectivity index (χ1n) is 9.26. The molecule has 148 valence electrons. The largest absolute Gasteiger partial charge is 0.488 e. The van der Waals surface area contributed by atoms with Gasteiger partial charge in [0, 0.05) is 12.6 Å². The van der Waals surface area contributed by atoms with Gasteiger partial charge in [-0.3, -0.25) is 4.90 Å². The van der Waals surface area contributed by atoms with Gasteiger partial charge in [0.15, 0.2) is 0 Å². The Morgan fingerprint density at radius 1 is 1.33 bits per heavy atom. The summed E-state index contributed by atoms with van der Waals surface area (Å²) >= 11 is 0. The molecule has 2 saturated heterocycles. The maximum atomic E-state index is 12.9. The first-order valence-corrected chi connectivity index (χ1v) is 9.26. The van der Waals surface area contributed by atoms with Crippen LogP contribution >= 0.6 is 0 Å². The third kappa shape index (κ3) is 4.28. The predicted molar refractivity (Wildman–Crippen MR) is 99.4 cm³/mol. The van der Waals surface area contributed by atoms with Crippen molar-refractivity contribution in [1.82, 2.24) is 10.2 Å². The summed E-state index contributed by atoms with van der Waals surface area (Å²) in [7, 11) is 0.267. The van der Waals surface area contributed by atoms with Gasteiger partial charge in [0.25, 0.3) is 0 Å². The molecule has 1 aromatic carbocycles. The Labute approximate surface area is 159 Å². The molecule has 8 nitrogen and oxygen atoms in total. The summed E-state index contributed by atoms with van der Waals surface area (Å²) in [4.78, 5) is 14.5. The lowest BCUT2D eigenvalue weighted by atomic mass is 9.80. The van der Waals surface area contributed by atoms with Crippen LogP contribution in [-0.4, -0.2) is 72.8 Å². The Bertz CT molecular complexity index is 643. The van der Waals surface area contributed by atoms with Crippen molar-refractivity contribution in [2.75, 3.05) is 20.4 Å². The Morgan fingerprint density at radius 2 is 2.04 bits per heavy atom. The minimum Gasteiger partial charge on any atom is -0.439 e. The van der Waals surface area contributed by atoms with Gasteiger partial charge in [0.2, 0.25) is 0 Å². The summed E-state index contributed by atoms with van der Waals surface area (Å²) in [5, 5.41) is 21.6. The van der Waals surface area contributed by atoms with Crippen LogP contribution in [0, 0.1) is 0 Å². The maximum Gasteiger partial charge on any atom is 0.488 e. The lowest BCUT2D eigenvalue weighted by molar-refractivity contribution is -0.0734. The van der Waals surface area contributed by atoms with Gasteiger partial charge in [-0.25, -0.2) is 4.79 Å². The average Bonchev–Trinajstić information content (AvgIpc) is 3.11. The zero-order valence-corrected chi connectivity index (χ0v) is 15.9. The minimum atomic E-state index is -1.53. The van der Waals surface area contributed by atoms with Crippen molar-refractivity contribution < 1.29 is 29.1 Å². The fourth-order valence-electron chi connectivity index (χ4n) is 3.62. The normalized spacial score (nSPS) is 27.0. The van der Waals surface area contributed by atoms with E-state index in [1.165, 1.54) is 0 Å². The number of benzene rings is 1. The number of carbonyl (C=O) groups excluding carboxylic acids is 1. The molecule has 2 aliphatic rings. The molecular formula is C18H27BN2O6. The van der Waals surface area contributed by atoms with Gasteiger partial charge in [0.05, 0.1) is 12.1 Å². The van der Waals surface area contributed by atoms with Crippen LogP contribution in [0.5, 0.6) is 0 Å². The van der Waals surface area contributed by atoms with Crippen molar-refractivity contribution in [1.29, 1.82) is 0 Å². The molecule has 0 aromatic heterocycles. The Kier molecular flexibility index (Phi) is 6.38. The summed E-state index contributed by atoms with van der Waals surface area (Å²) in [5.74, 6) is 0. The van der Waals surface area contributed by atoms with Crippen LogP contribution in [0.25, 0.3) is 0 Å². The first-order chi connectivity index (χ1) is 12.9. The number of carbonyl (C=O) groups is 1. The van der Waals surface area contributed by atoms with E-state index in [4.69, 9.17) is 14.2 Å². The molecule has 3 rings (SSSR count). The molecular weight excluding hydrogens is 351 g/mol. The third-order valence-corrected chi connectivity index (χ3v) is 5.38. The number of hydrogen-bond acceptors (Lipinski definition) is 7. The first kappa shape index (κ1) is 20.1. The molecule has 0 aliphatic carbocycles. The van der Waals surface area contributed by atoms with E-state index in [0.29, 0.717) is 12.1 Å². The van der Waals surface area contributed by atoms with Crippen molar-refractivity contribution in [3.63, 3.8) is 0 Å². The van der Waals surface area contributed by atoms with E-state index in [1.807, 2.05) is 13.8 Å². The molecule has 27 heavy (non-hydrogen) atoms. The van der Waals surface area contributed by atoms with Gasteiger partial charge in [0.1, 0.15) is 18.9 Å². The highest BCUT2D eigenvalue weighted by molar-refractivity contribution is 6.58. The van der Waals surface area contributed by atoms with Gasteiger partial charge in [-0.15, -0.1) is 0 Å². The van der Waals surface area contributed by atoms with Crippen molar-refractivity contribution in [2.24, 2.45) is 0 Å². The number of fused-ring (bicyclic) bond motifs is 1. The SMILES string of the molecule is CNC(C)C(OC(=O)N1COC2C(C)OCCC21)c1ccc(B(O)O)cc1. The average molecular weight is 378 g/mol. The molecule has 2 aliphatic heterocycles. The van der Waals surface area contributed by atoms with E-state index in [0.717, 1.165) is 12.0 Å². The summed E-state index contributed by atoms with van der Waals surface area (Å²) in [6.07, 6.45) is -0.402. The minimum absolute atomic E-state index is 0.0429. The van der Waals surface area contributed by atoms with Crippen LogP contribution in [0.2, 0.25) is 0 Å². The van der Waals surface area contributed by atoms with Crippen LogP contribution < -0.4 is 10.8 Å². The topological polar surface area (TPSA) is 100 Å². The van der Waals surface area contributed by atoms with Gasteiger partial charge >= 0.3 is 13.2 Å². The number of ether oxygens (including phenoxy) is 3. The van der Waals surface area contributed by atoms with Gasteiger partial charge in [-0.05, 0) is 38.3 Å². The fourth-order valence-corrected chi connectivity index (χ4v) is 3.62. The van der Waals surface area contributed by atoms with E-state index < -0.39 is 19.3 Å².